The van der Waals surface area contributed by atoms with E-state index in [1.54, 1.807) is 10.9 Å². The van der Waals surface area contributed by atoms with Gasteiger partial charge in [-0.3, -0.25) is 9.48 Å². The summed E-state index contributed by atoms with van der Waals surface area (Å²) in [5.41, 5.74) is 1.68. The number of amides is 1. The molecule has 1 N–H and O–H groups in total. The minimum atomic E-state index is -2.89. The normalized spacial score (nSPS) is 28.0. The second-order valence-electron chi connectivity index (χ2n) is 6.63. The van der Waals surface area contributed by atoms with Gasteiger partial charge in [-0.1, -0.05) is 0 Å². The molecule has 2 aliphatic rings. The molecule has 1 aliphatic heterocycles. The monoisotopic (exact) mass is 366 g/mol. The van der Waals surface area contributed by atoms with Crippen molar-refractivity contribution in [3.05, 3.63) is 17.6 Å². The molecule has 3 atom stereocenters. The van der Waals surface area contributed by atoms with Crippen molar-refractivity contribution in [1.29, 1.82) is 0 Å². The molecule has 2 aromatic heterocycles. The van der Waals surface area contributed by atoms with Crippen LogP contribution in [-0.4, -0.2) is 40.6 Å². The summed E-state index contributed by atoms with van der Waals surface area (Å²) in [7, 11) is -1.04. The second-order valence-corrected chi connectivity index (χ2v) is 9.64. The van der Waals surface area contributed by atoms with Crippen molar-refractivity contribution in [2.45, 2.75) is 12.8 Å². The van der Waals surface area contributed by atoms with Crippen molar-refractivity contribution in [1.82, 2.24) is 14.8 Å². The van der Waals surface area contributed by atoms with E-state index in [4.69, 9.17) is 0 Å². The fraction of sp³-hybridized carbons (Fsp3) is 0.533. The lowest BCUT2D eigenvalue weighted by Gasteiger charge is -2.10. The molecule has 7 nitrogen and oxygen atoms in total. The van der Waals surface area contributed by atoms with Crippen LogP contribution in [0.25, 0.3) is 11.4 Å². The Hall–Kier alpha value is -1.74. The number of sulfone groups is 1. The van der Waals surface area contributed by atoms with E-state index in [2.05, 4.69) is 15.4 Å². The Morgan fingerprint density at radius 1 is 1.33 bits per heavy atom. The molecule has 2 fully saturated rings. The molecule has 0 spiro atoms. The number of thiazole rings is 1. The predicted molar refractivity (Wildman–Crippen MR) is 91.3 cm³/mol. The highest BCUT2D eigenvalue weighted by Crippen LogP contribution is 2.43. The van der Waals surface area contributed by atoms with Crippen LogP contribution in [0.3, 0.4) is 0 Å². The number of anilines is 1. The van der Waals surface area contributed by atoms with Crippen molar-refractivity contribution < 1.29 is 13.2 Å². The molecule has 1 amide bonds. The number of aryl methyl sites for hydroxylation is 1. The molecule has 24 heavy (non-hydrogen) atoms. The van der Waals surface area contributed by atoms with Crippen molar-refractivity contribution in [3.8, 4) is 11.4 Å². The van der Waals surface area contributed by atoms with Crippen LogP contribution in [0.1, 0.15) is 12.8 Å². The molecule has 1 aliphatic carbocycles. The average molecular weight is 366 g/mol. The number of fused-ring (bicyclic) bond motifs is 1. The molecule has 128 valence electrons. The summed E-state index contributed by atoms with van der Waals surface area (Å²) in [6.07, 6.45) is 3.03. The molecule has 0 bridgehead atoms. The molecule has 1 unspecified atom stereocenters. The first kappa shape index (κ1) is 15.8. The van der Waals surface area contributed by atoms with Crippen LogP contribution < -0.4 is 5.32 Å². The maximum Gasteiger partial charge on any atom is 0.229 e. The summed E-state index contributed by atoms with van der Waals surface area (Å²) in [5, 5.41) is 9.46. The zero-order chi connectivity index (χ0) is 16.9. The first-order chi connectivity index (χ1) is 11.4. The van der Waals surface area contributed by atoms with Crippen molar-refractivity contribution >= 4 is 32.2 Å². The number of carbonyl (C=O) groups is 1. The Bertz CT molecular complexity index is 866. The number of nitrogens with one attached hydrogen (secondary N) is 1. The Balaban J connectivity index is 1.41. The van der Waals surface area contributed by atoms with Gasteiger partial charge in [-0.2, -0.15) is 5.10 Å². The van der Waals surface area contributed by atoms with E-state index in [0.29, 0.717) is 18.0 Å². The van der Waals surface area contributed by atoms with E-state index in [1.165, 1.54) is 11.3 Å². The van der Waals surface area contributed by atoms with Gasteiger partial charge in [0, 0.05) is 24.5 Å². The second kappa shape index (κ2) is 5.66. The lowest BCUT2D eigenvalue weighted by atomic mass is 10.0. The van der Waals surface area contributed by atoms with Crippen molar-refractivity contribution in [2.75, 3.05) is 16.8 Å². The van der Waals surface area contributed by atoms with Crippen LogP contribution in [0.2, 0.25) is 0 Å². The van der Waals surface area contributed by atoms with Crippen molar-refractivity contribution in [2.24, 2.45) is 24.8 Å². The minimum absolute atomic E-state index is 0.0484. The molecule has 3 heterocycles. The van der Waals surface area contributed by atoms with Gasteiger partial charge < -0.3 is 5.32 Å². The summed E-state index contributed by atoms with van der Waals surface area (Å²) in [6.45, 7) is 0. The molecule has 2 aromatic rings. The maximum absolute atomic E-state index is 12.5. The van der Waals surface area contributed by atoms with E-state index >= 15 is 0 Å². The van der Waals surface area contributed by atoms with Crippen LogP contribution in [0, 0.1) is 17.8 Å². The third-order valence-corrected chi connectivity index (χ3v) is 7.60. The van der Waals surface area contributed by atoms with Gasteiger partial charge in [0.1, 0.15) is 5.69 Å². The van der Waals surface area contributed by atoms with Crippen LogP contribution in [0.5, 0.6) is 0 Å². The summed E-state index contributed by atoms with van der Waals surface area (Å²) < 4.78 is 25.0. The highest BCUT2D eigenvalue weighted by atomic mass is 32.2. The standard InChI is InChI=1S/C15H18N4O3S2/c1-19-13(2-3-16-19)12-6-23-15(17-12)18-14(20)9-4-10-7-24(21,22)8-11(10)5-9/h2-3,6,9-11H,4-5,7-8H2,1H3,(H,17,18,20)/t9?,10-,11+. The highest BCUT2D eigenvalue weighted by molar-refractivity contribution is 7.91. The van der Waals surface area contributed by atoms with Crippen LogP contribution in [0.15, 0.2) is 17.6 Å². The molecule has 1 saturated carbocycles. The number of carbonyl (C=O) groups excluding carboxylic acids is 1. The smallest absolute Gasteiger partial charge is 0.229 e. The zero-order valence-corrected chi connectivity index (χ0v) is 14.8. The Labute approximate surface area is 144 Å². The van der Waals surface area contributed by atoms with Crippen LogP contribution in [0.4, 0.5) is 5.13 Å². The lowest BCUT2D eigenvalue weighted by molar-refractivity contribution is -0.119. The SMILES string of the molecule is Cn1nccc1-c1csc(NC(=O)C2C[C@@H]3CS(=O)(=O)C[C@@H]3C2)n1. The molecular formula is C15H18N4O3S2. The highest BCUT2D eigenvalue weighted by Gasteiger charge is 2.46. The Kier molecular flexibility index (Phi) is 3.72. The summed E-state index contributed by atoms with van der Waals surface area (Å²) in [4.78, 5) is 16.9. The van der Waals surface area contributed by atoms with Crippen LogP contribution >= 0.6 is 11.3 Å². The van der Waals surface area contributed by atoms with Crippen molar-refractivity contribution in [3.63, 3.8) is 0 Å². The molecule has 0 aromatic carbocycles. The number of hydrogen-bond donors (Lipinski definition) is 1. The molecule has 0 radical (unpaired) electrons. The third-order valence-electron chi connectivity index (χ3n) is 4.97. The van der Waals surface area contributed by atoms with Gasteiger partial charge in [0.25, 0.3) is 0 Å². The third kappa shape index (κ3) is 2.86. The Morgan fingerprint density at radius 3 is 2.67 bits per heavy atom. The minimum Gasteiger partial charge on any atom is -0.302 e. The van der Waals surface area contributed by atoms with Gasteiger partial charge in [-0.25, -0.2) is 13.4 Å². The van der Waals surface area contributed by atoms with E-state index in [9.17, 15) is 13.2 Å². The summed E-state index contributed by atoms with van der Waals surface area (Å²) in [6, 6.07) is 1.87. The van der Waals surface area contributed by atoms with Gasteiger partial charge in [-0.05, 0) is 30.7 Å². The van der Waals surface area contributed by atoms with Gasteiger partial charge in [-0.15, -0.1) is 11.3 Å². The molecule has 9 heteroatoms. The Morgan fingerprint density at radius 2 is 2.04 bits per heavy atom. The fourth-order valence-electron chi connectivity index (χ4n) is 3.84. The van der Waals surface area contributed by atoms with E-state index in [1.807, 2.05) is 18.5 Å². The first-order valence-corrected chi connectivity index (χ1v) is 10.6. The van der Waals surface area contributed by atoms with Gasteiger partial charge >= 0.3 is 0 Å². The number of aromatic nitrogens is 3. The van der Waals surface area contributed by atoms with E-state index in [0.717, 1.165) is 11.4 Å². The zero-order valence-electron chi connectivity index (χ0n) is 13.2. The molecular weight excluding hydrogens is 348 g/mol. The quantitative estimate of drug-likeness (QED) is 0.889. The van der Waals surface area contributed by atoms with Crippen LogP contribution in [-0.2, 0) is 21.7 Å². The van der Waals surface area contributed by atoms with Gasteiger partial charge in [0.05, 0.1) is 17.2 Å². The van der Waals surface area contributed by atoms with E-state index in [-0.39, 0.29) is 35.2 Å². The number of hydrogen-bond acceptors (Lipinski definition) is 6. The topological polar surface area (TPSA) is 94.0 Å². The largest absolute Gasteiger partial charge is 0.302 e. The predicted octanol–water partition coefficient (Wildman–Crippen LogP) is 1.55. The molecule has 4 rings (SSSR count). The van der Waals surface area contributed by atoms with Gasteiger partial charge in [0.2, 0.25) is 5.91 Å². The first-order valence-electron chi connectivity index (χ1n) is 7.86. The van der Waals surface area contributed by atoms with E-state index < -0.39 is 9.84 Å². The number of rotatable bonds is 3. The lowest BCUT2D eigenvalue weighted by Crippen LogP contribution is -2.22. The maximum atomic E-state index is 12.5. The summed E-state index contributed by atoms with van der Waals surface area (Å²) >= 11 is 1.38. The average Bonchev–Trinajstić information content (AvgIpc) is 3.22. The number of nitrogens with zero attached hydrogens (tertiary/aromatic N) is 3. The molecule has 1 saturated heterocycles. The fourth-order valence-corrected chi connectivity index (χ4v) is 6.80. The summed E-state index contributed by atoms with van der Waals surface area (Å²) in [5.74, 6) is 0.610. The van der Waals surface area contributed by atoms with Gasteiger partial charge in [0.15, 0.2) is 15.0 Å².